The number of hydrogen-bond donors (Lipinski definition) is 2. The summed E-state index contributed by atoms with van der Waals surface area (Å²) in [4.78, 5) is 36.3. The van der Waals surface area contributed by atoms with Crippen LogP contribution in [0, 0.1) is 5.92 Å². The van der Waals surface area contributed by atoms with Gasteiger partial charge >= 0.3 is 0 Å². The lowest BCUT2D eigenvalue weighted by Gasteiger charge is -2.41. The third-order valence-electron chi connectivity index (χ3n) is 6.31. The van der Waals surface area contributed by atoms with Crippen molar-refractivity contribution in [3.8, 4) is 0 Å². The Morgan fingerprint density at radius 3 is 2.68 bits per heavy atom. The number of anilines is 1. The molecular formula is C20H31N5O4SSi. The topological polar surface area (TPSA) is 125 Å². The second kappa shape index (κ2) is 7.87. The number of imidazole rings is 1. The number of rotatable bonds is 6. The summed E-state index contributed by atoms with van der Waals surface area (Å²) in [6.45, 7) is 14.3. The number of aromatic nitrogens is 4. The van der Waals surface area contributed by atoms with Gasteiger partial charge in [0.1, 0.15) is 6.23 Å². The van der Waals surface area contributed by atoms with Crippen LogP contribution in [0.2, 0.25) is 18.1 Å². The van der Waals surface area contributed by atoms with Crippen LogP contribution in [0.25, 0.3) is 11.2 Å². The SMILES string of the molecule is CC(C)C(=O)[C@]1(C=S)O[C@@H](n2cnc3c(=O)[nH]c(N)nc32)C[C@@H]1O[Si](C)(C)C(C)(C)C. The molecule has 0 saturated carbocycles. The van der Waals surface area contributed by atoms with Crippen molar-refractivity contribution >= 4 is 48.8 Å². The highest BCUT2D eigenvalue weighted by Crippen LogP contribution is 2.45. The fourth-order valence-corrected chi connectivity index (χ4v) is 5.19. The molecule has 0 aromatic carbocycles. The predicted octanol–water partition coefficient (Wildman–Crippen LogP) is 2.97. The number of ether oxygens (including phenoxy) is 1. The first-order valence-electron chi connectivity index (χ1n) is 10.3. The van der Waals surface area contributed by atoms with Gasteiger partial charge in [-0.25, -0.2) is 4.98 Å². The van der Waals surface area contributed by atoms with Gasteiger partial charge in [-0.1, -0.05) is 46.8 Å². The summed E-state index contributed by atoms with van der Waals surface area (Å²) in [6.07, 6.45) is 0.621. The van der Waals surface area contributed by atoms with Gasteiger partial charge in [-0.2, -0.15) is 4.98 Å². The van der Waals surface area contributed by atoms with Gasteiger partial charge in [0.15, 0.2) is 30.9 Å². The normalized spacial score (nSPS) is 24.8. The molecule has 1 aliphatic heterocycles. The fourth-order valence-electron chi connectivity index (χ4n) is 3.53. The van der Waals surface area contributed by atoms with E-state index in [2.05, 4.69) is 48.8 Å². The predicted molar refractivity (Wildman–Crippen MR) is 126 cm³/mol. The molecule has 0 spiro atoms. The Hall–Kier alpha value is -1.95. The molecule has 2 aromatic rings. The zero-order valence-electron chi connectivity index (χ0n) is 19.1. The summed E-state index contributed by atoms with van der Waals surface area (Å²) in [5.74, 6) is -0.464. The molecule has 170 valence electrons. The molecule has 0 amide bonds. The van der Waals surface area contributed by atoms with E-state index in [9.17, 15) is 9.59 Å². The number of H-pyrrole nitrogens is 1. The Balaban J connectivity index is 2.10. The van der Waals surface area contributed by atoms with Gasteiger partial charge in [0.25, 0.3) is 5.56 Å². The van der Waals surface area contributed by atoms with E-state index in [1.165, 1.54) is 11.7 Å². The number of carbonyl (C=O) groups is 1. The van der Waals surface area contributed by atoms with Crippen LogP contribution in [0.15, 0.2) is 11.1 Å². The maximum absolute atomic E-state index is 13.3. The average Bonchev–Trinajstić information content (AvgIpc) is 3.21. The highest BCUT2D eigenvalue weighted by molar-refractivity contribution is 7.79. The Morgan fingerprint density at radius 2 is 2.13 bits per heavy atom. The molecule has 0 aliphatic carbocycles. The number of ketones is 1. The van der Waals surface area contributed by atoms with Crippen molar-refractivity contribution in [1.29, 1.82) is 0 Å². The van der Waals surface area contributed by atoms with Crippen LogP contribution >= 0.6 is 12.2 Å². The number of nitrogen functional groups attached to an aromatic ring is 1. The Kier molecular flexibility index (Phi) is 6.02. The van der Waals surface area contributed by atoms with Crippen molar-refractivity contribution in [3.63, 3.8) is 0 Å². The average molecular weight is 466 g/mol. The Labute approximate surface area is 187 Å². The zero-order chi connectivity index (χ0) is 23.4. The van der Waals surface area contributed by atoms with Crippen molar-refractivity contribution in [2.45, 2.75) is 77.1 Å². The largest absolute Gasteiger partial charge is 0.410 e. The number of nitrogens with zero attached hydrogens (tertiary/aromatic N) is 3. The maximum Gasteiger partial charge on any atom is 0.280 e. The molecule has 31 heavy (non-hydrogen) atoms. The van der Waals surface area contributed by atoms with Crippen molar-refractivity contribution < 1.29 is 14.0 Å². The van der Waals surface area contributed by atoms with Crippen LogP contribution in [0.4, 0.5) is 5.95 Å². The van der Waals surface area contributed by atoms with E-state index in [0.29, 0.717) is 6.42 Å². The second-order valence-electron chi connectivity index (χ2n) is 9.88. The van der Waals surface area contributed by atoms with Gasteiger partial charge in [-0.05, 0) is 18.1 Å². The molecule has 0 bridgehead atoms. The molecule has 9 nitrogen and oxygen atoms in total. The van der Waals surface area contributed by atoms with E-state index in [0.717, 1.165) is 0 Å². The monoisotopic (exact) mass is 465 g/mol. The molecule has 3 atom stereocenters. The maximum atomic E-state index is 13.3. The summed E-state index contributed by atoms with van der Waals surface area (Å²) >= 11 is 5.35. The lowest BCUT2D eigenvalue weighted by Crippen LogP contribution is -2.56. The third kappa shape index (κ3) is 3.99. The first-order valence-corrected chi connectivity index (χ1v) is 13.7. The second-order valence-corrected chi connectivity index (χ2v) is 14.9. The summed E-state index contributed by atoms with van der Waals surface area (Å²) in [6, 6.07) is 0. The minimum atomic E-state index is -2.26. The summed E-state index contributed by atoms with van der Waals surface area (Å²) < 4.78 is 14.6. The molecule has 0 radical (unpaired) electrons. The highest BCUT2D eigenvalue weighted by Gasteiger charge is 2.57. The molecule has 1 saturated heterocycles. The number of nitrogens with two attached hydrogens (primary N) is 1. The van der Waals surface area contributed by atoms with E-state index in [1.807, 2.05) is 13.8 Å². The number of hydrogen-bond acceptors (Lipinski definition) is 8. The fraction of sp³-hybridized carbons (Fsp3) is 0.650. The molecule has 3 rings (SSSR count). The molecule has 1 aliphatic rings. The number of aromatic amines is 1. The minimum absolute atomic E-state index is 0.0225. The number of fused-ring (bicyclic) bond motifs is 1. The molecule has 3 heterocycles. The van der Waals surface area contributed by atoms with Crippen LogP contribution in [0.3, 0.4) is 0 Å². The standard InChI is InChI=1S/C20H31N5O4SSi/c1-11(2)15(26)20(9-30)12(29-31(6,7)19(3,4)5)8-13(28-20)25-10-22-14-16(25)23-18(21)24-17(14)27/h9-13H,8H2,1-7H3,(H3,21,23,24,27)/t12-,13+,20+/m0/s1. The van der Waals surface area contributed by atoms with Crippen molar-refractivity contribution in [2.75, 3.05) is 5.73 Å². The van der Waals surface area contributed by atoms with E-state index in [1.54, 1.807) is 4.57 Å². The minimum Gasteiger partial charge on any atom is -0.410 e. The molecule has 11 heteroatoms. The van der Waals surface area contributed by atoms with Gasteiger partial charge in [0.2, 0.25) is 5.95 Å². The number of Topliss-reactive ketones (excluding diaryl/α,β-unsaturated/α-hetero) is 1. The lowest BCUT2D eigenvalue weighted by atomic mass is 9.87. The smallest absolute Gasteiger partial charge is 0.280 e. The van der Waals surface area contributed by atoms with Gasteiger partial charge in [0, 0.05) is 17.7 Å². The lowest BCUT2D eigenvalue weighted by molar-refractivity contribution is -0.145. The summed E-state index contributed by atoms with van der Waals surface area (Å²) in [5.41, 5.74) is 4.35. The Bertz CT molecular complexity index is 1070. The highest BCUT2D eigenvalue weighted by atomic mass is 32.1. The Morgan fingerprint density at radius 1 is 1.48 bits per heavy atom. The number of nitrogens with one attached hydrogen (secondary N) is 1. The molecular weight excluding hydrogens is 434 g/mol. The number of thiocarbonyl (C=S) groups is 1. The van der Waals surface area contributed by atoms with Crippen molar-refractivity contribution in [1.82, 2.24) is 19.5 Å². The van der Waals surface area contributed by atoms with E-state index >= 15 is 0 Å². The van der Waals surface area contributed by atoms with E-state index in [-0.39, 0.29) is 33.9 Å². The zero-order valence-corrected chi connectivity index (χ0v) is 20.9. The van der Waals surface area contributed by atoms with Crippen molar-refractivity contribution in [2.24, 2.45) is 5.92 Å². The van der Waals surface area contributed by atoms with Gasteiger partial charge in [0.05, 0.1) is 12.4 Å². The first-order chi connectivity index (χ1) is 14.2. The van der Waals surface area contributed by atoms with Gasteiger partial charge < -0.3 is 14.9 Å². The first kappa shape index (κ1) is 23.7. The molecule has 0 unspecified atom stereocenters. The van der Waals surface area contributed by atoms with Crippen LogP contribution in [0.1, 0.15) is 47.3 Å². The molecule has 3 N–H and O–H groups in total. The van der Waals surface area contributed by atoms with Crippen molar-refractivity contribution in [3.05, 3.63) is 16.7 Å². The van der Waals surface area contributed by atoms with Gasteiger partial charge in [-0.3, -0.25) is 19.1 Å². The quantitative estimate of drug-likeness (QED) is 0.493. The summed E-state index contributed by atoms with van der Waals surface area (Å²) in [7, 11) is -2.26. The molecule has 2 aromatic heterocycles. The van der Waals surface area contributed by atoms with Crippen LogP contribution in [-0.4, -0.2) is 50.7 Å². The van der Waals surface area contributed by atoms with E-state index in [4.69, 9.17) is 27.1 Å². The molecule has 1 fully saturated rings. The van der Waals surface area contributed by atoms with Crippen LogP contribution < -0.4 is 11.3 Å². The van der Waals surface area contributed by atoms with Crippen LogP contribution in [-0.2, 0) is 14.0 Å². The van der Waals surface area contributed by atoms with Gasteiger partial charge in [-0.15, -0.1) is 0 Å². The van der Waals surface area contributed by atoms with E-state index < -0.39 is 31.8 Å². The summed E-state index contributed by atoms with van der Waals surface area (Å²) in [5, 5.41) is 1.32. The third-order valence-corrected chi connectivity index (χ3v) is 11.1. The van der Waals surface area contributed by atoms with Crippen LogP contribution in [0.5, 0.6) is 0 Å². The number of carbonyl (C=O) groups excluding carboxylic acids is 1.